The van der Waals surface area contributed by atoms with Crippen molar-refractivity contribution in [2.24, 2.45) is 0 Å². The third-order valence-corrected chi connectivity index (χ3v) is 6.69. The Morgan fingerprint density at radius 2 is 1.66 bits per heavy atom. The molecule has 0 fully saturated rings. The number of fused-ring (bicyclic) bond motifs is 1. The van der Waals surface area contributed by atoms with Gasteiger partial charge in [-0.25, -0.2) is 0 Å². The molecule has 1 heterocycles. The molecule has 0 unspecified atom stereocenters. The van der Waals surface area contributed by atoms with Crippen molar-refractivity contribution >= 4 is 16.8 Å². The molecule has 1 amide bonds. The Balaban J connectivity index is 1.71. The first-order valence-electron chi connectivity index (χ1n) is 12.1. The normalized spacial score (nSPS) is 12.9. The van der Waals surface area contributed by atoms with Gasteiger partial charge in [-0.2, -0.15) is 0 Å². The summed E-state index contributed by atoms with van der Waals surface area (Å²) in [6.45, 7) is 3.99. The lowest BCUT2D eigenvalue weighted by Crippen LogP contribution is -2.29. The summed E-state index contributed by atoms with van der Waals surface area (Å²) in [5, 5.41) is 4.21. The van der Waals surface area contributed by atoms with Gasteiger partial charge < -0.3 is 19.4 Å². The molecule has 0 aliphatic heterocycles. The molecule has 0 aliphatic carbocycles. The van der Waals surface area contributed by atoms with Gasteiger partial charge in [0, 0.05) is 49.6 Å². The van der Waals surface area contributed by atoms with Crippen molar-refractivity contribution in [3.05, 3.63) is 102 Å². The number of nitrogens with zero attached hydrogens (tertiary/aromatic N) is 1. The number of aromatic nitrogens is 1. The molecule has 5 nitrogen and oxygen atoms in total. The second kappa shape index (κ2) is 11.7. The number of benzene rings is 3. The van der Waals surface area contributed by atoms with E-state index >= 15 is 0 Å². The van der Waals surface area contributed by atoms with Crippen LogP contribution in [-0.4, -0.2) is 37.8 Å². The summed E-state index contributed by atoms with van der Waals surface area (Å²) < 4.78 is 12.7. The molecule has 1 N–H and O–H groups in total. The summed E-state index contributed by atoms with van der Waals surface area (Å²) in [4.78, 5) is 12.9. The van der Waals surface area contributed by atoms with Crippen LogP contribution >= 0.6 is 0 Å². The third-order valence-electron chi connectivity index (χ3n) is 6.69. The minimum atomic E-state index is 0.0296. The zero-order chi connectivity index (χ0) is 24.6. The van der Waals surface area contributed by atoms with E-state index in [0.29, 0.717) is 19.6 Å². The number of hydrogen-bond donors (Lipinski definition) is 1. The van der Waals surface area contributed by atoms with Gasteiger partial charge >= 0.3 is 0 Å². The van der Waals surface area contributed by atoms with E-state index in [-0.39, 0.29) is 17.7 Å². The van der Waals surface area contributed by atoms with E-state index in [9.17, 15) is 4.79 Å². The summed E-state index contributed by atoms with van der Waals surface area (Å²) >= 11 is 0. The molecular formula is C30H34N2O3. The molecule has 5 heteroatoms. The highest BCUT2D eigenvalue weighted by molar-refractivity contribution is 5.86. The van der Waals surface area contributed by atoms with Gasteiger partial charge in [0.05, 0.1) is 13.7 Å². The lowest BCUT2D eigenvalue weighted by Gasteiger charge is -2.24. The van der Waals surface area contributed by atoms with Crippen LogP contribution in [0.1, 0.15) is 41.9 Å². The highest BCUT2D eigenvalue weighted by Crippen LogP contribution is 2.39. The van der Waals surface area contributed by atoms with Crippen LogP contribution in [0.2, 0.25) is 0 Å². The number of carbonyl (C=O) groups is 1. The monoisotopic (exact) mass is 470 g/mol. The summed E-state index contributed by atoms with van der Waals surface area (Å²) in [6.07, 6.45) is 2.65. The number of para-hydroxylation sites is 1. The molecular weight excluding hydrogens is 436 g/mol. The molecule has 0 spiro atoms. The van der Waals surface area contributed by atoms with Crippen molar-refractivity contribution in [3.8, 4) is 5.75 Å². The number of hydrogen-bond acceptors (Lipinski definition) is 3. The van der Waals surface area contributed by atoms with Crippen molar-refractivity contribution in [1.82, 2.24) is 9.88 Å². The zero-order valence-corrected chi connectivity index (χ0v) is 20.7. The molecule has 4 rings (SSSR count). The fourth-order valence-corrected chi connectivity index (χ4v) is 4.74. The zero-order valence-electron chi connectivity index (χ0n) is 20.7. The van der Waals surface area contributed by atoms with Crippen LogP contribution in [0.3, 0.4) is 0 Å². The molecule has 4 aromatic rings. The van der Waals surface area contributed by atoms with Gasteiger partial charge in [0.15, 0.2) is 0 Å². The van der Waals surface area contributed by atoms with E-state index < -0.39 is 0 Å². The Bertz CT molecular complexity index is 1230. The maximum atomic E-state index is 12.9. The first-order chi connectivity index (χ1) is 17.1. The maximum Gasteiger partial charge on any atom is 0.220 e. The fraction of sp³-hybridized carbons (Fsp3) is 0.300. The maximum absolute atomic E-state index is 12.9. The van der Waals surface area contributed by atoms with Crippen LogP contribution in [0.4, 0.5) is 0 Å². The second-order valence-corrected chi connectivity index (χ2v) is 8.93. The van der Waals surface area contributed by atoms with Gasteiger partial charge in [0.2, 0.25) is 5.91 Å². The van der Waals surface area contributed by atoms with Crippen molar-refractivity contribution in [1.29, 1.82) is 0 Å². The number of carbonyl (C=O) groups excluding carboxylic acids is 1. The van der Waals surface area contributed by atoms with E-state index in [1.54, 1.807) is 14.2 Å². The van der Waals surface area contributed by atoms with Crippen LogP contribution in [0, 0.1) is 0 Å². The smallest absolute Gasteiger partial charge is 0.220 e. The number of amides is 1. The molecule has 2 atom stereocenters. The predicted molar refractivity (Wildman–Crippen MR) is 141 cm³/mol. The number of methoxy groups -OCH3 is 2. The van der Waals surface area contributed by atoms with Crippen molar-refractivity contribution in [3.63, 3.8) is 0 Å². The van der Waals surface area contributed by atoms with Gasteiger partial charge in [-0.3, -0.25) is 4.79 Å². The Morgan fingerprint density at radius 3 is 2.37 bits per heavy atom. The Labute approximate surface area is 207 Å². The van der Waals surface area contributed by atoms with E-state index in [1.165, 1.54) is 27.6 Å². The minimum Gasteiger partial charge on any atom is -0.497 e. The van der Waals surface area contributed by atoms with E-state index in [2.05, 4.69) is 83.7 Å². The number of nitrogens with one attached hydrogen (secondary N) is 1. The molecule has 35 heavy (non-hydrogen) atoms. The van der Waals surface area contributed by atoms with Crippen LogP contribution in [0.5, 0.6) is 5.75 Å². The fourth-order valence-electron chi connectivity index (χ4n) is 4.74. The lowest BCUT2D eigenvalue weighted by molar-refractivity contribution is -0.121. The predicted octanol–water partition coefficient (Wildman–Crippen LogP) is 5.74. The largest absolute Gasteiger partial charge is 0.497 e. The van der Waals surface area contributed by atoms with Gasteiger partial charge in [0.1, 0.15) is 5.75 Å². The highest BCUT2D eigenvalue weighted by atomic mass is 16.5. The summed E-state index contributed by atoms with van der Waals surface area (Å²) in [7, 11) is 3.32. The Morgan fingerprint density at radius 1 is 0.943 bits per heavy atom. The number of rotatable bonds is 11. The lowest BCUT2D eigenvalue weighted by atomic mass is 9.80. The van der Waals surface area contributed by atoms with Crippen molar-refractivity contribution in [2.45, 2.75) is 31.7 Å². The average Bonchev–Trinajstić information content (AvgIpc) is 3.26. The quantitative estimate of drug-likeness (QED) is 0.285. The Kier molecular flexibility index (Phi) is 8.22. The van der Waals surface area contributed by atoms with Gasteiger partial charge in [-0.05, 0) is 40.8 Å². The van der Waals surface area contributed by atoms with Crippen LogP contribution in [0.25, 0.3) is 10.9 Å². The van der Waals surface area contributed by atoms with Crippen LogP contribution in [0.15, 0.2) is 85.1 Å². The SMILES string of the molecule is COCCNC(=O)C[C@H](c1cn(Cc2ccc(OC)cc2)c2ccccc12)[C@@H](C)c1ccccc1. The van der Waals surface area contributed by atoms with Crippen LogP contribution in [-0.2, 0) is 16.1 Å². The highest BCUT2D eigenvalue weighted by Gasteiger charge is 2.27. The van der Waals surface area contributed by atoms with Gasteiger partial charge in [-0.15, -0.1) is 0 Å². The first kappa shape index (κ1) is 24.6. The van der Waals surface area contributed by atoms with Crippen molar-refractivity contribution in [2.75, 3.05) is 27.4 Å². The van der Waals surface area contributed by atoms with E-state index in [1.807, 2.05) is 18.2 Å². The molecule has 0 saturated heterocycles. The topological polar surface area (TPSA) is 52.5 Å². The second-order valence-electron chi connectivity index (χ2n) is 8.93. The molecule has 1 aromatic heterocycles. The number of ether oxygens (including phenoxy) is 2. The molecule has 0 aliphatic rings. The molecule has 0 saturated carbocycles. The Hall–Kier alpha value is -3.57. The average molecular weight is 471 g/mol. The standard InChI is InChI=1S/C30H34N2O3/c1-22(24-9-5-4-6-10-24)27(19-30(33)31-17-18-34-2)28-21-32(29-12-8-7-11-26(28)29)20-23-13-15-25(35-3)16-14-23/h4-16,21-22,27H,17-20H2,1-3H3,(H,31,33)/t22-,27-/m0/s1. The minimum absolute atomic E-state index is 0.0296. The molecule has 0 radical (unpaired) electrons. The summed E-state index contributed by atoms with van der Waals surface area (Å²) in [5.41, 5.74) is 4.80. The summed E-state index contributed by atoms with van der Waals surface area (Å²) in [5.74, 6) is 1.09. The van der Waals surface area contributed by atoms with Gasteiger partial charge in [-0.1, -0.05) is 67.6 Å². The third kappa shape index (κ3) is 5.92. The van der Waals surface area contributed by atoms with E-state index in [0.717, 1.165) is 12.3 Å². The van der Waals surface area contributed by atoms with Crippen LogP contribution < -0.4 is 10.1 Å². The first-order valence-corrected chi connectivity index (χ1v) is 12.1. The molecule has 0 bridgehead atoms. The van der Waals surface area contributed by atoms with E-state index in [4.69, 9.17) is 9.47 Å². The molecule has 182 valence electrons. The summed E-state index contributed by atoms with van der Waals surface area (Å²) in [6, 6.07) is 27.1. The molecule has 3 aromatic carbocycles. The van der Waals surface area contributed by atoms with Crippen molar-refractivity contribution < 1.29 is 14.3 Å². The van der Waals surface area contributed by atoms with Gasteiger partial charge in [0.25, 0.3) is 0 Å².